The first-order chi connectivity index (χ1) is 9.89. The van der Waals surface area contributed by atoms with Gasteiger partial charge in [0.05, 0.1) is 5.75 Å². The topological polar surface area (TPSA) is 58.2 Å². The van der Waals surface area contributed by atoms with Crippen LogP contribution in [0.5, 0.6) is 0 Å². The standard InChI is InChI=1S/C15H26N2O2S2/c1-15(2,14-6-5-10-20-14)12-17-21(18,19)11-4-3-9-16-13-7-8-13/h5-6,10,13,16-17H,3-4,7-9,11-12H2,1-2H3. The lowest BCUT2D eigenvalue weighted by Crippen LogP contribution is -2.37. The third-order valence-corrected chi connectivity index (χ3v) is 6.42. The number of hydrogen-bond acceptors (Lipinski definition) is 4. The van der Waals surface area contributed by atoms with Crippen LogP contribution in [-0.4, -0.2) is 33.3 Å². The van der Waals surface area contributed by atoms with Crippen LogP contribution in [0.1, 0.15) is 44.4 Å². The van der Waals surface area contributed by atoms with Crippen LogP contribution in [-0.2, 0) is 15.4 Å². The molecule has 0 amide bonds. The molecule has 120 valence electrons. The molecule has 2 rings (SSSR count). The average molecular weight is 331 g/mol. The van der Waals surface area contributed by atoms with E-state index in [4.69, 9.17) is 0 Å². The molecular formula is C15H26N2O2S2. The highest BCUT2D eigenvalue weighted by Gasteiger charge is 2.24. The van der Waals surface area contributed by atoms with E-state index in [0.717, 1.165) is 13.0 Å². The maximum atomic E-state index is 12.0. The van der Waals surface area contributed by atoms with Gasteiger partial charge in [-0.15, -0.1) is 11.3 Å². The Morgan fingerprint density at radius 1 is 1.33 bits per heavy atom. The first kappa shape index (κ1) is 16.9. The first-order valence-corrected chi connectivity index (χ1v) is 10.2. The predicted molar refractivity (Wildman–Crippen MR) is 89.4 cm³/mol. The molecule has 0 aliphatic heterocycles. The van der Waals surface area contributed by atoms with Crippen molar-refractivity contribution in [2.75, 3.05) is 18.8 Å². The van der Waals surface area contributed by atoms with Gasteiger partial charge < -0.3 is 5.32 Å². The number of unbranched alkanes of at least 4 members (excludes halogenated alkanes) is 1. The summed E-state index contributed by atoms with van der Waals surface area (Å²) in [6.45, 7) is 5.53. The molecule has 0 saturated heterocycles. The summed E-state index contributed by atoms with van der Waals surface area (Å²) in [5, 5.41) is 5.43. The van der Waals surface area contributed by atoms with Crippen LogP contribution in [0.15, 0.2) is 17.5 Å². The lowest BCUT2D eigenvalue weighted by atomic mass is 9.92. The maximum Gasteiger partial charge on any atom is 0.211 e. The number of thiophene rings is 1. The summed E-state index contributed by atoms with van der Waals surface area (Å²) in [5.74, 6) is 0.222. The van der Waals surface area contributed by atoms with Gasteiger partial charge >= 0.3 is 0 Å². The number of rotatable bonds is 10. The van der Waals surface area contributed by atoms with Crippen LogP contribution in [0.25, 0.3) is 0 Å². The SMILES string of the molecule is CC(C)(CNS(=O)(=O)CCCCNC1CC1)c1cccs1. The monoisotopic (exact) mass is 330 g/mol. The summed E-state index contributed by atoms with van der Waals surface area (Å²) >= 11 is 1.67. The van der Waals surface area contributed by atoms with Gasteiger partial charge in [0.1, 0.15) is 0 Å². The normalized spacial score (nSPS) is 16.3. The van der Waals surface area contributed by atoms with Crippen molar-refractivity contribution < 1.29 is 8.42 Å². The summed E-state index contributed by atoms with van der Waals surface area (Å²) in [5.41, 5.74) is -0.158. The van der Waals surface area contributed by atoms with Crippen molar-refractivity contribution in [3.05, 3.63) is 22.4 Å². The van der Waals surface area contributed by atoms with Crippen LogP contribution in [0, 0.1) is 0 Å². The van der Waals surface area contributed by atoms with E-state index in [-0.39, 0.29) is 11.2 Å². The van der Waals surface area contributed by atoms with Gasteiger partial charge in [-0.25, -0.2) is 13.1 Å². The molecule has 1 aromatic heterocycles. The summed E-state index contributed by atoms with van der Waals surface area (Å²) in [7, 11) is -3.16. The second-order valence-corrected chi connectivity index (χ2v) is 9.31. The minimum atomic E-state index is -3.16. The molecule has 0 bridgehead atoms. The van der Waals surface area contributed by atoms with E-state index in [1.165, 1.54) is 17.7 Å². The third kappa shape index (κ3) is 6.06. The van der Waals surface area contributed by atoms with Gasteiger partial charge in [0.15, 0.2) is 0 Å². The molecule has 4 nitrogen and oxygen atoms in total. The lowest BCUT2D eigenvalue weighted by molar-refractivity contribution is 0.507. The Morgan fingerprint density at radius 2 is 2.10 bits per heavy atom. The molecule has 1 heterocycles. The highest BCUT2D eigenvalue weighted by molar-refractivity contribution is 7.89. The summed E-state index contributed by atoms with van der Waals surface area (Å²) in [6.07, 6.45) is 4.19. The number of hydrogen-bond donors (Lipinski definition) is 2. The van der Waals surface area contributed by atoms with Crippen LogP contribution >= 0.6 is 11.3 Å². The van der Waals surface area contributed by atoms with Crippen LogP contribution in [0.3, 0.4) is 0 Å². The van der Waals surface area contributed by atoms with Crippen molar-refractivity contribution in [1.29, 1.82) is 0 Å². The average Bonchev–Trinajstić information content (AvgIpc) is 3.06. The second-order valence-electron chi connectivity index (χ2n) is 6.44. The fourth-order valence-electron chi connectivity index (χ4n) is 2.12. The zero-order valence-electron chi connectivity index (χ0n) is 12.9. The Morgan fingerprint density at radius 3 is 2.71 bits per heavy atom. The molecule has 0 atom stereocenters. The lowest BCUT2D eigenvalue weighted by Gasteiger charge is -2.23. The number of nitrogens with one attached hydrogen (secondary N) is 2. The maximum absolute atomic E-state index is 12.0. The third-order valence-electron chi connectivity index (χ3n) is 3.77. The molecule has 1 saturated carbocycles. The van der Waals surface area contributed by atoms with E-state index in [0.29, 0.717) is 19.0 Å². The highest BCUT2D eigenvalue weighted by atomic mass is 32.2. The van der Waals surface area contributed by atoms with Crippen molar-refractivity contribution in [1.82, 2.24) is 10.0 Å². The first-order valence-electron chi connectivity index (χ1n) is 7.64. The molecular weight excluding hydrogens is 304 g/mol. The van der Waals surface area contributed by atoms with Crippen LogP contribution in [0.4, 0.5) is 0 Å². The largest absolute Gasteiger partial charge is 0.314 e. The minimum Gasteiger partial charge on any atom is -0.314 e. The Balaban J connectivity index is 1.67. The molecule has 0 spiro atoms. The Bertz CT molecular complexity index is 520. The Labute approximate surface area is 132 Å². The summed E-state index contributed by atoms with van der Waals surface area (Å²) in [6, 6.07) is 4.76. The molecule has 0 aromatic carbocycles. The number of sulfonamides is 1. The van der Waals surface area contributed by atoms with E-state index in [1.54, 1.807) is 11.3 Å². The van der Waals surface area contributed by atoms with E-state index in [9.17, 15) is 8.42 Å². The summed E-state index contributed by atoms with van der Waals surface area (Å²) in [4.78, 5) is 1.21. The van der Waals surface area contributed by atoms with Gasteiger partial charge in [-0.3, -0.25) is 0 Å². The van der Waals surface area contributed by atoms with Gasteiger partial charge in [-0.2, -0.15) is 0 Å². The van der Waals surface area contributed by atoms with E-state index >= 15 is 0 Å². The van der Waals surface area contributed by atoms with Gasteiger partial charge in [0, 0.05) is 22.9 Å². The van der Waals surface area contributed by atoms with Gasteiger partial charge in [0.2, 0.25) is 10.0 Å². The van der Waals surface area contributed by atoms with Crippen molar-refractivity contribution >= 4 is 21.4 Å². The van der Waals surface area contributed by atoms with Crippen molar-refractivity contribution in [3.63, 3.8) is 0 Å². The smallest absolute Gasteiger partial charge is 0.211 e. The van der Waals surface area contributed by atoms with Crippen molar-refractivity contribution in [2.45, 2.75) is 51.0 Å². The van der Waals surface area contributed by atoms with E-state index < -0.39 is 10.0 Å². The minimum absolute atomic E-state index is 0.158. The fraction of sp³-hybridized carbons (Fsp3) is 0.733. The van der Waals surface area contributed by atoms with Gasteiger partial charge in [0.25, 0.3) is 0 Å². The predicted octanol–water partition coefficient (Wildman–Crippen LogP) is 2.48. The van der Waals surface area contributed by atoms with Gasteiger partial charge in [-0.1, -0.05) is 19.9 Å². The van der Waals surface area contributed by atoms with Gasteiger partial charge in [-0.05, 0) is 43.7 Å². The molecule has 1 fully saturated rings. The second kappa shape index (κ2) is 7.22. The Kier molecular flexibility index (Phi) is 5.82. The van der Waals surface area contributed by atoms with Crippen molar-refractivity contribution in [3.8, 4) is 0 Å². The molecule has 2 N–H and O–H groups in total. The zero-order chi connectivity index (χ0) is 15.3. The van der Waals surface area contributed by atoms with Crippen molar-refractivity contribution in [2.24, 2.45) is 0 Å². The molecule has 1 aromatic rings. The fourth-order valence-corrected chi connectivity index (χ4v) is 4.29. The molecule has 6 heteroatoms. The molecule has 1 aliphatic rings. The molecule has 1 aliphatic carbocycles. The van der Waals surface area contributed by atoms with Crippen LogP contribution in [0.2, 0.25) is 0 Å². The molecule has 21 heavy (non-hydrogen) atoms. The van der Waals surface area contributed by atoms with E-state index in [1.807, 2.05) is 11.4 Å². The van der Waals surface area contributed by atoms with E-state index in [2.05, 4.69) is 30.0 Å². The zero-order valence-corrected chi connectivity index (χ0v) is 14.5. The quantitative estimate of drug-likeness (QED) is 0.648. The molecule has 0 unspecified atom stereocenters. The van der Waals surface area contributed by atoms with Crippen LogP contribution < -0.4 is 10.0 Å². The highest BCUT2D eigenvalue weighted by Crippen LogP contribution is 2.26. The summed E-state index contributed by atoms with van der Waals surface area (Å²) < 4.78 is 26.8. The molecule has 0 radical (unpaired) electrons. The Hall–Kier alpha value is -0.430.